The van der Waals surface area contributed by atoms with Gasteiger partial charge >= 0.3 is 0 Å². The minimum absolute atomic E-state index is 0.0216. The van der Waals surface area contributed by atoms with E-state index in [2.05, 4.69) is 15.4 Å². The SMILES string of the molecule is CCOCC(C)OCc1nc(C)cc(NN)n1. The van der Waals surface area contributed by atoms with Crippen LogP contribution in [-0.2, 0) is 16.1 Å². The van der Waals surface area contributed by atoms with Crippen LogP contribution in [0.3, 0.4) is 0 Å². The van der Waals surface area contributed by atoms with Crippen LogP contribution in [-0.4, -0.2) is 29.3 Å². The third-order valence-corrected chi connectivity index (χ3v) is 2.10. The van der Waals surface area contributed by atoms with Crippen LogP contribution in [0.5, 0.6) is 0 Å². The molecule has 1 heterocycles. The Morgan fingerprint density at radius 2 is 2.24 bits per heavy atom. The van der Waals surface area contributed by atoms with Gasteiger partial charge in [0, 0.05) is 18.4 Å². The monoisotopic (exact) mass is 240 g/mol. The molecule has 1 unspecified atom stereocenters. The van der Waals surface area contributed by atoms with Crippen molar-refractivity contribution in [3.8, 4) is 0 Å². The number of nitrogens with two attached hydrogens (primary N) is 1. The van der Waals surface area contributed by atoms with Gasteiger partial charge in [-0.05, 0) is 20.8 Å². The lowest BCUT2D eigenvalue weighted by molar-refractivity contribution is -0.0139. The van der Waals surface area contributed by atoms with Crippen molar-refractivity contribution >= 4 is 5.82 Å². The molecule has 6 heteroatoms. The normalized spacial score (nSPS) is 12.5. The van der Waals surface area contributed by atoms with Gasteiger partial charge < -0.3 is 14.9 Å². The summed E-state index contributed by atoms with van der Waals surface area (Å²) in [6, 6.07) is 1.77. The van der Waals surface area contributed by atoms with Crippen molar-refractivity contribution in [3.63, 3.8) is 0 Å². The molecule has 0 aliphatic carbocycles. The van der Waals surface area contributed by atoms with E-state index in [-0.39, 0.29) is 6.10 Å². The number of nitrogens with one attached hydrogen (secondary N) is 1. The Hall–Kier alpha value is -1.24. The number of rotatable bonds is 7. The quantitative estimate of drug-likeness (QED) is 0.547. The Labute approximate surface area is 102 Å². The average Bonchev–Trinajstić information content (AvgIpc) is 2.33. The van der Waals surface area contributed by atoms with Crippen LogP contribution in [0.1, 0.15) is 25.4 Å². The predicted octanol–water partition coefficient (Wildman–Crippen LogP) is 1.01. The summed E-state index contributed by atoms with van der Waals surface area (Å²) < 4.78 is 10.8. The molecule has 1 atom stereocenters. The number of aromatic nitrogens is 2. The van der Waals surface area contributed by atoms with Crippen molar-refractivity contribution < 1.29 is 9.47 Å². The molecule has 0 bridgehead atoms. The van der Waals surface area contributed by atoms with Gasteiger partial charge in [-0.2, -0.15) is 0 Å². The van der Waals surface area contributed by atoms with Gasteiger partial charge in [0.25, 0.3) is 0 Å². The van der Waals surface area contributed by atoms with Crippen LogP contribution >= 0.6 is 0 Å². The molecule has 1 aromatic rings. The van der Waals surface area contributed by atoms with Crippen molar-refractivity contribution in [1.29, 1.82) is 0 Å². The van der Waals surface area contributed by atoms with E-state index in [0.717, 1.165) is 5.69 Å². The molecule has 0 spiro atoms. The molecule has 1 rings (SSSR count). The molecular weight excluding hydrogens is 220 g/mol. The maximum atomic E-state index is 5.57. The van der Waals surface area contributed by atoms with E-state index < -0.39 is 0 Å². The van der Waals surface area contributed by atoms with Crippen molar-refractivity contribution in [2.45, 2.75) is 33.5 Å². The number of ether oxygens (including phenoxy) is 2. The zero-order chi connectivity index (χ0) is 12.7. The van der Waals surface area contributed by atoms with Gasteiger partial charge in [0.2, 0.25) is 0 Å². The zero-order valence-electron chi connectivity index (χ0n) is 10.6. The van der Waals surface area contributed by atoms with Gasteiger partial charge in [-0.1, -0.05) is 0 Å². The first-order chi connectivity index (χ1) is 8.15. The highest BCUT2D eigenvalue weighted by molar-refractivity contribution is 5.33. The highest BCUT2D eigenvalue weighted by atomic mass is 16.5. The first kappa shape index (κ1) is 13.8. The molecule has 0 radical (unpaired) electrons. The molecule has 0 amide bonds. The van der Waals surface area contributed by atoms with E-state index in [9.17, 15) is 0 Å². The lowest BCUT2D eigenvalue weighted by atomic mass is 10.4. The molecule has 0 aliphatic rings. The summed E-state index contributed by atoms with van der Waals surface area (Å²) in [5, 5.41) is 0. The number of anilines is 1. The van der Waals surface area contributed by atoms with Gasteiger partial charge in [-0.15, -0.1) is 0 Å². The molecular formula is C11H20N4O2. The Morgan fingerprint density at radius 3 is 2.88 bits per heavy atom. The third-order valence-electron chi connectivity index (χ3n) is 2.10. The Morgan fingerprint density at radius 1 is 1.47 bits per heavy atom. The second kappa shape index (κ2) is 7.16. The molecule has 96 valence electrons. The second-order valence-electron chi connectivity index (χ2n) is 3.74. The van der Waals surface area contributed by atoms with Crippen molar-refractivity contribution in [1.82, 2.24) is 9.97 Å². The third kappa shape index (κ3) is 5.08. The van der Waals surface area contributed by atoms with E-state index in [1.54, 1.807) is 6.07 Å². The highest BCUT2D eigenvalue weighted by Crippen LogP contribution is 2.06. The molecule has 0 saturated carbocycles. The van der Waals surface area contributed by atoms with Crippen LogP contribution in [0.25, 0.3) is 0 Å². The first-order valence-electron chi connectivity index (χ1n) is 5.66. The van der Waals surface area contributed by atoms with Gasteiger partial charge in [0.1, 0.15) is 12.4 Å². The summed E-state index contributed by atoms with van der Waals surface area (Å²) in [5.41, 5.74) is 3.35. The number of nitrogens with zero attached hydrogens (tertiary/aromatic N) is 2. The summed E-state index contributed by atoms with van der Waals surface area (Å²) in [6.07, 6.45) is 0.0216. The second-order valence-corrected chi connectivity index (χ2v) is 3.74. The number of nitrogen functional groups attached to an aromatic ring is 1. The summed E-state index contributed by atoms with van der Waals surface area (Å²) in [5.74, 6) is 6.51. The smallest absolute Gasteiger partial charge is 0.156 e. The minimum Gasteiger partial charge on any atom is -0.379 e. The van der Waals surface area contributed by atoms with Crippen molar-refractivity contribution in [2.75, 3.05) is 18.6 Å². The van der Waals surface area contributed by atoms with Crippen LogP contribution in [0.15, 0.2) is 6.07 Å². The molecule has 3 N–H and O–H groups in total. The fraction of sp³-hybridized carbons (Fsp3) is 0.636. The van der Waals surface area contributed by atoms with Gasteiger partial charge in [-0.3, -0.25) is 0 Å². The van der Waals surface area contributed by atoms with E-state index >= 15 is 0 Å². The maximum absolute atomic E-state index is 5.57. The fourth-order valence-corrected chi connectivity index (χ4v) is 1.32. The molecule has 0 aromatic carbocycles. The van der Waals surface area contributed by atoms with Crippen LogP contribution < -0.4 is 11.3 Å². The van der Waals surface area contributed by atoms with E-state index in [0.29, 0.717) is 31.5 Å². The van der Waals surface area contributed by atoms with E-state index in [4.69, 9.17) is 15.3 Å². The minimum atomic E-state index is 0.0216. The predicted molar refractivity (Wildman–Crippen MR) is 65.3 cm³/mol. The number of hydrogen-bond donors (Lipinski definition) is 2. The van der Waals surface area contributed by atoms with E-state index in [1.807, 2.05) is 20.8 Å². The Balaban J connectivity index is 2.48. The molecule has 17 heavy (non-hydrogen) atoms. The number of hydrazine groups is 1. The van der Waals surface area contributed by atoms with Crippen molar-refractivity contribution in [3.05, 3.63) is 17.6 Å². The standard InChI is InChI=1S/C11H20N4O2/c1-4-16-6-9(3)17-7-11-13-8(2)5-10(14-11)15-12/h5,9H,4,6-7,12H2,1-3H3,(H,13,14,15). The van der Waals surface area contributed by atoms with Gasteiger partial charge in [0.05, 0.1) is 12.7 Å². The maximum Gasteiger partial charge on any atom is 0.156 e. The summed E-state index contributed by atoms with van der Waals surface area (Å²) >= 11 is 0. The molecule has 0 saturated heterocycles. The van der Waals surface area contributed by atoms with E-state index in [1.165, 1.54) is 0 Å². The first-order valence-corrected chi connectivity index (χ1v) is 5.66. The Kier molecular flexibility index (Phi) is 5.82. The molecule has 0 fully saturated rings. The van der Waals surface area contributed by atoms with Crippen LogP contribution in [0, 0.1) is 6.92 Å². The number of aryl methyl sites for hydroxylation is 1. The molecule has 6 nitrogen and oxygen atoms in total. The lowest BCUT2D eigenvalue weighted by Crippen LogP contribution is -2.17. The van der Waals surface area contributed by atoms with Gasteiger partial charge in [-0.25, -0.2) is 15.8 Å². The average molecular weight is 240 g/mol. The largest absolute Gasteiger partial charge is 0.379 e. The van der Waals surface area contributed by atoms with Crippen molar-refractivity contribution in [2.24, 2.45) is 5.84 Å². The fourth-order valence-electron chi connectivity index (χ4n) is 1.32. The van der Waals surface area contributed by atoms with Gasteiger partial charge in [0.15, 0.2) is 5.82 Å². The lowest BCUT2D eigenvalue weighted by Gasteiger charge is -2.12. The summed E-state index contributed by atoms with van der Waals surface area (Å²) in [4.78, 5) is 8.45. The Bertz CT molecular complexity index is 346. The zero-order valence-corrected chi connectivity index (χ0v) is 10.6. The topological polar surface area (TPSA) is 82.3 Å². The summed E-state index contributed by atoms with van der Waals surface area (Å²) in [7, 11) is 0. The highest BCUT2D eigenvalue weighted by Gasteiger charge is 2.06. The molecule has 0 aliphatic heterocycles. The van der Waals surface area contributed by atoms with Crippen LogP contribution in [0.2, 0.25) is 0 Å². The molecule has 1 aromatic heterocycles. The number of hydrogen-bond acceptors (Lipinski definition) is 6. The van der Waals surface area contributed by atoms with Crippen LogP contribution in [0.4, 0.5) is 5.82 Å². The summed E-state index contributed by atoms with van der Waals surface area (Å²) in [6.45, 7) is 7.41.